The number of aromatic carboxylic acids is 1. The predicted molar refractivity (Wildman–Crippen MR) is 129 cm³/mol. The summed E-state index contributed by atoms with van der Waals surface area (Å²) in [4.78, 5) is 44.8. The number of aliphatic hydroxyl groups excluding tert-OH is 2. The Hall–Kier alpha value is -2.98. The van der Waals surface area contributed by atoms with Gasteiger partial charge in [0.1, 0.15) is 0 Å². The van der Waals surface area contributed by atoms with E-state index in [0.717, 1.165) is 25.7 Å². The van der Waals surface area contributed by atoms with Gasteiger partial charge in [-0.3, -0.25) is 9.59 Å². The lowest BCUT2D eigenvalue weighted by atomic mass is 10.1. The van der Waals surface area contributed by atoms with Crippen LogP contribution in [0.25, 0.3) is 0 Å². The first-order valence-corrected chi connectivity index (χ1v) is 12.4. The highest BCUT2D eigenvalue weighted by Gasteiger charge is 2.13. The molecule has 10 nitrogen and oxygen atoms in total. The quantitative estimate of drug-likeness (QED) is 0.138. The number of carboxylic acid groups (broad SMARTS) is 1. The lowest BCUT2D eigenvalue weighted by Crippen LogP contribution is -2.25. The molecule has 10 heteroatoms. The first kappa shape index (κ1) is 33.0. The third-order valence-corrected chi connectivity index (χ3v) is 4.75. The van der Waals surface area contributed by atoms with Crippen molar-refractivity contribution in [2.24, 2.45) is 0 Å². The molecule has 1 atom stereocenters. The van der Waals surface area contributed by atoms with E-state index in [0.29, 0.717) is 38.9 Å². The topological polar surface area (TPSA) is 159 Å². The van der Waals surface area contributed by atoms with Gasteiger partial charge in [-0.05, 0) is 38.2 Å². The number of carbonyl (C=O) groups is 4. The molecule has 0 aliphatic carbocycles. The Morgan fingerprint density at radius 1 is 0.833 bits per heavy atom. The van der Waals surface area contributed by atoms with Gasteiger partial charge in [-0.25, -0.2) is 4.79 Å². The monoisotopic (exact) mass is 511 g/mol. The molecular formula is C26H39O10-. The van der Waals surface area contributed by atoms with Crippen molar-refractivity contribution in [3.63, 3.8) is 0 Å². The highest BCUT2D eigenvalue weighted by molar-refractivity contribution is 6.01. The first-order chi connectivity index (χ1) is 17.3. The van der Waals surface area contributed by atoms with Crippen LogP contribution in [0.1, 0.15) is 98.8 Å². The van der Waals surface area contributed by atoms with E-state index in [9.17, 15) is 29.4 Å². The lowest BCUT2D eigenvalue weighted by Gasteiger charge is -2.11. The number of carboxylic acids is 1. The van der Waals surface area contributed by atoms with Gasteiger partial charge >= 0.3 is 17.9 Å². The van der Waals surface area contributed by atoms with E-state index in [1.54, 1.807) is 6.07 Å². The maximum atomic E-state index is 11.5. The van der Waals surface area contributed by atoms with E-state index in [4.69, 9.17) is 19.3 Å². The fraction of sp³-hybridized carbons (Fsp3) is 0.615. The molecule has 1 rings (SSSR count). The van der Waals surface area contributed by atoms with Crippen molar-refractivity contribution in [2.75, 3.05) is 19.8 Å². The van der Waals surface area contributed by atoms with Gasteiger partial charge < -0.3 is 34.3 Å². The summed E-state index contributed by atoms with van der Waals surface area (Å²) in [6, 6.07) is 5.86. The van der Waals surface area contributed by atoms with Crippen LogP contribution in [0.5, 0.6) is 0 Å². The third kappa shape index (κ3) is 16.6. The molecule has 2 N–H and O–H groups in total. The number of esters is 3. The Labute approximate surface area is 212 Å². The fourth-order valence-corrected chi connectivity index (χ4v) is 2.70. The normalized spacial score (nSPS) is 11.0. The molecule has 0 aliphatic rings. The Morgan fingerprint density at radius 3 is 1.94 bits per heavy atom. The van der Waals surface area contributed by atoms with Crippen LogP contribution in [0, 0.1) is 0 Å². The highest BCUT2D eigenvalue weighted by atomic mass is 16.6. The van der Waals surface area contributed by atoms with Gasteiger partial charge in [-0.15, -0.1) is 0 Å². The van der Waals surface area contributed by atoms with Crippen molar-refractivity contribution in [1.82, 2.24) is 0 Å². The summed E-state index contributed by atoms with van der Waals surface area (Å²) >= 11 is 0. The Bertz CT molecular complexity index is 778. The van der Waals surface area contributed by atoms with E-state index in [1.165, 1.54) is 18.2 Å². The molecular weight excluding hydrogens is 472 g/mol. The van der Waals surface area contributed by atoms with Gasteiger partial charge in [-0.1, -0.05) is 44.9 Å². The summed E-state index contributed by atoms with van der Waals surface area (Å²) in [5.41, 5.74) is -0.0948. The van der Waals surface area contributed by atoms with Crippen LogP contribution in [0.2, 0.25) is 0 Å². The number of hydrogen-bond acceptors (Lipinski definition) is 10. The zero-order valence-electron chi connectivity index (χ0n) is 21.2. The van der Waals surface area contributed by atoms with E-state index < -0.39 is 24.2 Å². The van der Waals surface area contributed by atoms with Crippen LogP contribution >= 0.6 is 0 Å². The molecule has 0 heterocycles. The molecule has 0 amide bonds. The van der Waals surface area contributed by atoms with Gasteiger partial charge in [0, 0.05) is 31.4 Å². The maximum Gasteiger partial charge on any atom is 0.338 e. The molecule has 0 radical (unpaired) electrons. The molecule has 0 spiro atoms. The average Bonchev–Trinajstić information content (AvgIpc) is 2.86. The minimum Gasteiger partial charge on any atom is -0.545 e. The van der Waals surface area contributed by atoms with Gasteiger partial charge in [0.2, 0.25) is 6.29 Å². The standard InChI is InChI=1S/C14H26O6.C12H14O4/c1-2-3-11-19-12(16)7-4-5-8-13(17)20-14(18)9-6-10-15;1-2-3-8-16-12(15)10-7-5-4-6-9(10)11(13)14/h14-15,18H,2-11H2,1H3;4-7H,2-3,8H2,1H3,(H,13,14)/p-1. The number of rotatable bonds is 17. The van der Waals surface area contributed by atoms with Crippen LogP contribution in [-0.4, -0.2) is 60.2 Å². The maximum absolute atomic E-state index is 11.5. The largest absolute Gasteiger partial charge is 0.545 e. The highest BCUT2D eigenvalue weighted by Crippen LogP contribution is 2.10. The summed E-state index contributed by atoms with van der Waals surface area (Å²) < 4.78 is 14.6. The second-order valence-electron chi connectivity index (χ2n) is 7.91. The summed E-state index contributed by atoms with van der Waals surface area (Å²) in [5, 5.41) is 28.6. The smallest absolute Gasteiger partial charge is 0.338 e. The Balaban J connectivity index is 0.000000696. The summed E-state index contributed by atoms with van der Waals surface area (Å²) in [5.74, 6) is -2.72. The number of hydrogen-bond donors (Lipinski definition) is 2. The molecule has 204 valence electrons. The molecule has 0 saturated carbocycles. The minimum atomic E-state index is -1.37. The van der Waals surface area contributed by atoms with Gasteiger partial charge in [-0.2, -0.15) is 0 Å². The molecule has 0 fully saturated rings. The molecule has 0 bridgehead atoms. The van der Waals surface area contributed by atoms with Crippen molar-refractivity contribution >= 4 is 23.9 Å². The van der Waals surface area contributed by atoms with Gasteiger partial charge in [0.25, 0.3) is 0 Å². The van der Waals surface area contributed by atoms with E-state index in [2.05, 4.69) is 0 Å². The third-order valence-electron chi connectivity index (χ3n) is 4.75. The Morgan fingerprint density at radius 2 is 1.39 bits per heavy atom. The first-order valence-electron chi connectivity index (χ1n) is 12.4. The number of carbonyl (C=O) groups excluding carboxylic acids is 4. The molecule has 1 aromatic carbocycles. The molecule has 1 aromatic rings. The Kier molecular flexibility index (Phi) is 19.6. The lowest BCUT2D eigenvalue weighted by molar-refractivity contribution is -0.255. The number of unbranched alkanes of at least 4 members (excludes halogenated alkanes) is 3. The number of benzene rings is 1. The summed E-state index contributed by atoms with van der Waals surface area (Å²) in [6.07, 6.45) is 4.53. The predicted octanol–water partition coefficient (Wildman–Crippen LogP) is 2.53. The SMILES string of the molecule is CCCCOC(=O)CCCCC(=O)OC(O)CCCO.CCCCOC(=O)c1ccccc1C(=O)[O-]. The molecule has 0 aliphatic heterocycles. The summed E-state index contributed by atoms with van der Waals surface area (Å²) in [6.45, 7) is 4.71. The van der Waals surface area contributed by atoms with Gasteiger partial charge in [0.05, 0.1) is 24.7 Å². The minimum absolute atomic E-state index is 0.0404. The second kappa shape index (κ2) is 21.3. The van der Waals surface area contributed by atoms with Crippen molar-refractivity contribution in [2.45, 2.75) is 84.3 Å². The average molecular weight is 512 g/mol. The van der Waals surface area contributed by atoms with Crippen LogP contribution in [0.3, 0.4) is 0 Å². The van der Waals surface area contributed by atoms with Crippen molar-refractivity contribution in [1.29, 1.82) is 0 Å². The zero-order chi connectivity index (χ0) is 27.2. The molecule has 36 heavy (non-hydrogen) atoms. The fourth-order valence-electron chi connectivity index (χ4n) is 2.70. The number of ether oxygens (including phenoxy) is 3. The second-order valence-corrected chi connectivity index (χ2v) is 7.91. The molecule has 0 saturated heterocycles. The number of aliphatic hydroxyl groups is 2. The van der Waals surface area contributed by atoms with Crippen LogP contribution in [0.15, 0.2) is 24.3 Å². The van der Waals surface area contributed by atoms with E-state index >= 15 is 0 Å². The molecule has 0 aromatic heterocycles. The van der Waals surface area contributed by atoms with Crippen LogP contribution in [0.4, 0.5) is 0 Å². The zero-order valence-corrected chi connectivity index (χ0v) is 21.2. The van der Waals surface area contributed by atoms with Crippen molar-refractivity contribution < 1.29 is 48.7 Å². The van der Waals surface area contributed by atoms with Crippen molar-refractivity contribution in [3.8, 4) is 0 Å². The van der Waals surface area contributed by atoms with Gasteiger partial charge in [0.15, 0.2) is 0 Å². The van der Waals surface area contributed by atoms with Crippen LogP contribution in [-0.2, 0) is 23.8 Å². The molecule has 1 unspecified atom stereocenters. The van der Waals surface area contributed by atoms with E-state index in [1.807, 2.05) is 13.8 Å². The van der Waals surface area contributed by atoms with Crippen molar-refractivity contribution in [3.05, 3.63) is 35.4 Å². The van der Waals surface area contributed by atoms with Crippen LogP contribution < -0.4 is 5.11 Å². The van der Waals surface area contributed by atoms with E-state index in [-0.39, 0.29) is 36.5 Å². The summed E-state index contributed by atoms with van der Waals surface area (Å²) in [7, 11) is 0.